The number of rotatable bonds is 4. The van der Waals surface area contributed by atoms with Crippen molar-refractivity contribution in [3.05, 3.63) is 81.5 Å². The summed E-state index contributed by atoms with van der Waals surface area (Å²) in [6.45, 7) is 3.49. The SMILES string of the molecule is CC(=O)N1CCc2cc(NC(=O)CN3CCc4sccc4[C@@H]3c3ccccc3)ccc21. The van der Waals surface area contributed by atoms with Crippen LogP contribution in [0.2, 0.25) is 0 Å². The number of thiophene rings is 1. The maximum Gasteiger partial charge on any atom is 0.238 e. The Morgan fingerprint density at radius 1 is 1.06 bits per heavy atom. The van der Waals surface area contributed by atoms with Crippen LogP contribution in [-0.4, -0.2) is 36.3 Å². The second kappa shape index (κ2) is 8.29. The van der Waals surface area contributed by atoms with Crippen molar-refractivity contribution in [1.29, 1.82) is 0 Å². The van der Waals surface area contributed by atoms with Crippen molar-refractivity contribution >= 4 is 34.5 Å². The molecule has 0 saturated heterocycles. The molecule has 5 rings (SSSR count). The van der Waals surface area contributed by atoms with Crippen molar-refractivity contribution in [2.45, 2.75) is 25.8 Å². The van der Waals surface area contributed by atoms with Crippen LogP contribution in [0.3, 0.4) is 0 Å². The number of nitrogens with one attached hydrogen (secondary N) is 1. The zero-order valence-corrected chi connectivity index (χ0v) is 18.3. The van der Waals surface area contributed by atoms with Crippen molar-refractivity contribution in [3.63, 3.8) is 0 Å². The summed E-state index contributed by atoms with van der Waals surface area (Å²) in [5.41, 5.74) is 5.39. The highest BCUT2D eigenvalue weighted by atomic mass is 32.1. The van der Waals surface area contributed by atoms with E-state index in [4.69, 9.17) is 0 Å². The Bertz CT molecular complexity index is 1120. The number of hydrogen-bond acceptors (Lipinski definition) is 4. The fourth-order valence-electron chi connectivity index (χ4n) is 4.76. The summed E-state index contributed by atoms with van der Waals surface area (Å²) in [4.78, 5) is 30.2. The molecule has 0 fully saturated rings. The van der Waals surface area contributed by atoms with Gasteiger partial charge in [-0.2, -0.15) is 0 Å². The predicted octanol–water partition coefficient (Wildman–Crippen LogP) is 4.24. The summed E-state index contributed by atoms with van der Waals surface area (Å²) < 4.78 is 0. The minimum atomic E-state index is -0.0130. The highest BCUT2D eigenvalue weighted by molar-refractivity contribution is 7.10. The van der Waals surface area contributed by atoms with Gasteiger partial charge in [0.05, 0.1) is 12.6 Å². The highest BCUT2D eigenvalue weighted by Gasteiger charge is 2.31. The fraction of sp³-hybridized carbons (Fsp3) is 0.280. The van der Waals surface area contributed by atoms with E-state index in [0.717, 1.165) is 36.3 Å². The first-order chi connectivity index (χ1) is 15.1. The van der Waals surface area contributed by atoms with Gasteiger partial charge >= 0.3 is 0 Å². The Labute approximate surface area is 186 Å². The molecule has 0 aliphatic carbocycles. The minimum absolute atomic E-state index is 0.0130. The Morgan fingerprint density at radius 2 is 1.90 bits per heavy atom. The van der Waals surface area contributed by atoms with Gasteiger partial charge in [0.25, 0.3) is 0 Å². The van der Waals surface area contributed by atoms with Gasteiger partial charge in [-0.25, -0.2) is 0 Å². The van der Waals surface area contributed by atoms with E-state index in [2.05, 4.69) is 45.9 Å². The molecular weight excluding hydrogens is 406 g/mol. The molecule has 1 aromatic heterocycles. The molecular formula is C25H25N3O2S. The molecule has 6 heteroatoms. The van der Waals surface area contributed by atoms with Crippen molar-refractivity contribution in [3.8, 4) is 0 Å². The molecule has 3 aromatic rings. The van der Waals surface area contributed by atoms with E-state index in [1.807, 2.05) is 24.3 Å². The Morgan fingerprint density at radius 3 is 2.71 bits per heavy atom. The molecule has 0 spiro atoms. The van der Waals surface area contributed by atoms with Crippen LogP contribution in [-0.2, 0) is 22.4 Å². The molecule has 0 radical (unpaired) electrons. The third kappa shape index (κ3) is 3.89. The summed E-state index contributed by atoms with van der Waals surface area (Å²) in [6, 6.07) is 18.6. The number of hydrogen-bond donors (Lipinski definition) is 1. The number of carbonyl (C=O) groups excluding carboxylic acids is 2. The molecule has 5 nitrogen and oxygen atoms in total. The third-order valence-electron chi connectivity index (χ3n) is 6.17. The summed E-state index contributed by atoms with van der Waals surface area (Å²) in [5.74, 6) is 0.0429. The van der Waals surface area contributed by atoms with Crippen molar-refractivity contribution in [2.75, 3.05) is 29.9 Å². The molecule has 1 atom stereocenters. The lowest BCUT2D eigenvalue weighted by Gasteiger charge is -2.35. The smallest absolute Gasteiger partial charge is 0.238 e. The lowest BCUT2D eigenvalue weighted by atomic mass is 9.93. The molecule has 1 N–H and O–H groups in total. The summed E-state index contributed by atoms with van der Waals surface area (Å²) in [7, 11) is 0. The van der Waals surface area contributed by atoms with Gasteiger partial charge in [-0.05, 0) is 59.2 Å². The molecule has 2 aliphatic rings. The van der Waals surface area contributed by atoms with E-state index < -0.39 is 0 Å². The van der Waals surface area contributed by atoms with Gasteiger partial charge in [-0.3, -0.25) is 14.5 Å². The maximum atomic E-state index is 13.0. The number of carbonyl (C=O) groups is 2. The lowest BCUT2D eigenvalue weighted by molar-refractivity contribution is -0.118. The van der Waals surface area contributed by atoms with Gasteiger partial charge in [0.1, 0.15) is 0 Å². The van der Waals surface area contributed by atoms with Gasteiger partial charge in [0.15, 0.2) is 0 Å². The summed E-state index contributed by atoms with van der Waals surface area (Å²) in [5, 5.41) is 5.22. The van der Waals surface area contributed by atoms with Crippen LogP contribution in [0, 0.1) is 0 Å². The highest BCUT2D eigenvalue weighted by Crippen LogP contribution is 2.37. The van der Waals surface area contributed by atoms with E-state index >= 15 is 0 Å². The largest absolute Gasteiger partial charge is 0.325 e. The molecule has 0 bridgehead atoms. The molecule has 2 amide bonds. The molecule has 2 aromatic carbocycles. The molecule has 31 heavy (non-hydrogen) atoms. The molecule has 158 valence electrons. The average Bonchev–Trinajstić information content (AvgIpc) is 3.40. The first kappa shape index (κ1) is 20.0. The average molecular weight is 432 g/mol. The minimum Gasteiger partial charge on any atom is -0.325 e. The number of amides is 2. The van der Waals surface area contributed by atoms with Gasteiger partial charge in [0, 0.05) is 36.3 Å². The van der Waals surface area contributed by atoms with Crippen LogP contribution in [0.4, 0.5) is 11.4 Å². The van der Waals surface area contributed by atoms with Gasteiger partial charge < -0.3 is 10.2 Å². The zero-order valence-electron chi connectivity index (χ0n) is 17.5. The van der Waals surface area contributed by atoms with Crippen molar-refractivity contribution in [2.24, 2.45) is 0 Å². The summed E-state index contributed by atoms with van der Waals surface area (Å²) in [6.07, 6.45) is 1.80. The van der Waals surface area contributed by atoms with E-state index in [-0.39, 0.29) is 17.9 Å². The van der Waals surface area contributed by atoms with E-state index in [0.29, 0.717) is 13.1 Å². The van der Waals surface area contributed by atoms with Crippen molar-refractivity contribution in [1.82, 2.24) is 4.90 Å². The maximum absolute atomic E-state index is 13.0. The van der Waals surface area contributed by atoms with Gasteiger partial charge in [-0.1, -0.05) is 30.3 Å². The van der Waals surface area contributed by atoms with E-state index in [9.17, 15) is 9.59 Å². The zero-order chi connectivity index (χ0) is 21.4. The normalized spacial score (nSPS) is 17.8. The standard InChI is InChI=1S/C25H25N3O2S/c1-17(29)28-13-9-19-15-20(7-8-22(19)28)26-24(30)16-27-12-10-23-21(11-14-31-23)25(27)18-5-3-2-4-6-18/h2-8,11,14-15,25H,9-10,12-13,16H2,1H3,(H,26,30)/t25-/m0/s1. The second-order valence-electron chi connectivity index (χ2n) is 8.15. The van der Waals surface area contributed by atoms with Crippen LogP contribution in [0.25, 0.3) is 0 Å². The third-order valence-corrected chi connectivity index (χ3v) is 7.16. The van der Waals surface area contributed by atoms with Crippen LogP contribution >= 0.6 is 11.3 Å². The molecule has 0 unspecified atom stereocenters. The van der Waals surface area contributed by atoms with Gasteiger partial charge in [-0.15, -0.1) is 11.3 Å². The number of benzene rings is 2. The first-order valence-electron chi connectivity index (χ1n) is 10.7. The number of nitrogens with zero attached hydrogens (tertiary/aromatic N) is 2. The molecule has 0 saturated carbocycles. The van der Waals surface area contributed by atoms with Crippen LogP contribution < -0.4 is 10.2 Å². The lowest BCUT2D eigenvalue weighted by Crippen LogP contribution is -2.40. The summed E-state index contributed by atoms with van der Waals surface area (Å²) >= 11 is 1.81. The fourth-order valence-corrected chi connectivity index (χ4v) is 5.66. The van der Waals surface area contributed by atoms with Crippen LogP contribution in [0.15, 0.2) is 60.0 Å². The monoisotopic (exact) mass is 431 g/mol. The first-order valence-corrected chi connectivity index (χ1v) is 11.5. The number of anilines is 2. The van der Waals surface area contributed by atoms with E-state index in [1.54, 1.807) is 23.2 Å². The predicted molar refractivity (Wildman–Crippen MR) is 125 cm³/mol. The molecule has 3 heterocycles. The molecule has 2 aliphatic heterocycles. The topological polar surface area (TPSA) is 52.7 Å². The Balaban J connectivity index is 1.33. The van der Waals surface area contributed by atoms with Crippen LogP contribution in [0.1, 0.15) is 34.5 Å². The van der Waals surface area contributed by atoms with Crippen LogP contribution in [0.5, 0.6) is 0 Å². The van der Waals surface area contributed by atoms with Gasteiger partial charge in [0.2, 0.25) is 11.8 Å². The quantitative estimate of drug-likeness (QED) is 0.672. The second-order valence-corrected chi connectivity index (χ2v) is 9.15. The Hall–Kier alpha value is -2.96. The number of fused-ring (bicyclic) bond motifs is 2. The van der Waals surface area contributed by atoms with E-state index in [1.165, 1.54) is 16.0 Å². The Kier molecular flexibility index (Phi) is 5.34. The van der Waals surface area contributed by atoms with Crippen molar-refractivity contribution < 1.29 is 9.59 Å².